The summed E-state index contributed by atoms with van der Waals surface area (Å²) in [5.74, 6) is 0.550. The van der Waals surface area contributed by atoms with Crippen LogP contribution in [-0.2, 0) is 16.0 Å². The minimum absolute atomic E-state index is 0.0978. The molecule has 2 amide bonds. The van der Waals surface area contributed by atoms with Gasteiger partial charge in [-0.3, -0.25) is 9.59 Å². The van der Waals surface area contributed by atoms with Gasteiger partial charge in [0.1, 0.15) is 18.0 Å². The van der Waals surface area contributed by atoms with E-state index in [1.54, 1.807) is 46.6 Å². The molecule has 5 rings (SSSR count). The number of rotatable bonds is 8. The number of fused-ring (bicyclic) bond motifs is 1. The lowest BCUT2D eigenvalue weighted by Crippen LogP contribution is -2.48. The van der Waals surface area contributed by atoms with E-state index in [0.29, 0.717) is 46.8 Å². The summed E-state index contributed by atoms with van der Waals surface area (Å²) in [6.07, 6.45) is 2.38. The van der Waals surface area contributed by atoms with E-state index in [1.807, 2.05) is 22.4 Å². The molecule has 0 bridgehead atoms. The summed E-state index contributed by atoms with van der Waals surface area (Å²) >= 11 is 14.5. The highest BCUT2D eigenvalue weighted by molar-refractivity contribution is 7.10. The Morgan fingerprint density at radius 1 is 1.08 bits per heavy atom. The van der Waals surface area contributed by atoms with Crippen molar-refractivity contribution in [1.29, 1.82) is 0 Å². The first-order valence-electron chi connectivity index (χ1n) is 12.8. The predicted molar refractivity (Wildman–Crippen MR) is 152 cm³/mol. The van der Waals surface area contributed by atoms with Gasteiger partial charge in [-0.15, -0.1) is 11.3 Å². The van der Waals surface area contributed by atoms with Crippen molar-refractivity contribution in [3.63, 3.8) is 0 Å². The Hall–Kier alpha value is -2.78. The van der Waals surface area contributed by atoms with Gasteiger partial charge in [-0.25, -0.2) is 0 Å². The lowest BCUT2D eigenvalue weighted by Gasteiger charge is -2.38. The summed E-state index contributed by atoms with van der Waals surface area (Å²) in [4.78, 5) is 32.5. The number of carbonyl (C=O) groups is 2. The smallest absolute Gasteiger partial charge is 0.254 e. The van der Waals surface area contributed by atoms with Crippen molar-refractivity contribution < 1.29 is 23.8 Å². The molecule has 2 unspecified atom stereocenters. The van der Waals surface area contributed by atoms with Gasteiger partial charge >= 0.3 is 0 Å². The van der Waals surface area contributed by atoms with Crippen molar-refractivity contribution in [2.24, 2.45) is 0 Å². The van der Waals surface area contributed by atoms with Gasteiger partial charge in [0.25, 0.3) is 5.91 Å². The fourth-order valence-electron chi connectivity index (χ4n) is 5.26. The Labute approximate surface area is 242 Å². The van der Waals surface area contributed by atoms with Crippen molar-refractivity contribution in [3.05, 3.63) is 79.5 Å². The molecule has 3 heterocycles. The number of thiophene rings is 1. The molecule has 3 aromatic rings. The number of ether oxygens (including phenoxy) is 3. The summed E-state index contributed by atoms with van der Waals surface area (Å²) in [6, 6.07) is 12.1. The monoisotopic (exact) mass is 588 g/mol. The van der Waals surface area contributed by atoms with Gasteiger partial charge in [0.2, 0.25) is 5.91 Å². The van der Waals surface area contributed by atoms with Gasteiger partial charge in [0, 0.05) is 46.2 Å². The quantitative estimate of drug-likeness (QED) is 0.329. The Balaban J connectivity index is 1.46. The number of benzene rings is 2. The van der Waals surface area contributed by atoms with Crippen molar-refractivity contribution >= 4 is 46.4 Å². The van der Waals surface area contributed by atoms with Gasteiger partial charge in [0.15, 0.2) is 0 Å². The Morgan fingerprint density at radius 3 is 2.51 bits per heavy atom. The number of methoxy groups -OCH3 is 2. The molecule has 2 aliphatic heterocycles. The third kappa shape index (κ3) is 6.04. The van der Waals surface area contributed by atoms with Gasteiger partial charge in [-0.1, -0.05) is 29.3 Å². The van der Waals surface area contributed by atoms with Crippen LogP contribution in [0, 0.1) is 0 Å². The molecule has 0 N–H and O–H groups in total. The van der Waals surface area contributed by atoms with Crippen molar-refractivity contribution in [2.45, 2.75) is 31.4 Å². The van der Waals surface area contributed by atoms with Gasteiger partial charge in [0.05, 0.1) is 26.4 Å². The molecule has 1 saturated heterocycles. The molecule has 0 aliphatic carbocycles. The zero-order valence-corrected chi connectivity index (χ0v) is 24.2. The van der Waals surface area contributed by atoms with Crippen LogP contribution >= 0.6 is 34.5 Å². The highest BCUT2D eigenvalue weighted by atomic mass is 35.5. The van der Waals surface area contributed by atoms with Crippen molar-refractivity contribution in [3.8, 4) is 11.5 Å². The minimum Gasteiger partial charge on any atom is -0.497 e. The summed E-state index contributed by atoms with van der Waals surface area (Å²) < 4.78 is 16.6. The zero-order chi connectivity index (χ0) is 27.5. The normalized spacial score (nSPS) is 18.5. The van der Waals surface area contributed by atoms with Crippen LogP contribution in [0.3, 0.4) is 0 Å². The van der Waals surface area contributed by atoms with Crippen LogP contribution in [-0.4, -0.2) is 68.2 Å². The van der Waals surface area contributed by atoms with Crippen LogP contribution < -0.4 is 9.47 Å². The van der Waals surface area contributed by atoms with Crippen molar-refractivity contribution in [2.75, 3.05) is 40.5 Å². The molecule has 0 radical (unpaired) electrons. The molecule has 2 aliphatic rings. The SMILES string of the molecule is COc1cc(OC)cc(C(=O)N(CC(=O)N2CCc3sccc3C2c2ccc(Cl)cc2Cl)CC2CCCO2)c1. The van der Waals surface area contributed by atoms with E-state index in [9.17, 15) is 9.59 Å². The van der Waals surface area contributed by atoms with E-state index in [1.165, 1.54) is 19.1 Å². The molecule has 2 atom stereocenters. The molecule has 0 spiro atoms. The Kier molecular flexibility index (Phi) is 8.67. The van der Waals surface area contributed by atoms with E-state index in [4.69, 9.17) is 37.4 Å². The number of nitrogens with zero attached hydrogens (tertiary/aromatic N) is 2. The minimum atomic E-state index is -0.367. The molecule has 206 valence electrons. The van der Waals surface area contributed by atoms with Gasteiger partial charge in [-0.05, 0) is 66.1 Å². The highest BCUT2D eigenvalue weighted by Crippen LogP contribution is 2.41. The largest absolute Gasteiger partial charge is 0.497 e. The lowest BCUT2D eigenvalue weighted by atomic mass is 9.93. The first-order chi connectivity index (χ1) is 18.9. The zero-order valence-electron chi connectivity index (χ0n) is 21.8. The summed E-state index contributed by atoms with van der Waals surface area (Å²) in [5.41, 5.74) is 2.25. The van der Waals surface area contributed by atoms with Crippen LogP contribution in [0.5, 0.6) is 11.5 Å². The number of carbonyl (C=O) groups excluding carboxylic acids is 2. The lowest BCUT2D eigenvalue weighted by molar-refractivity contribution is -0.134. The summed E-state index contributed by atoms with van der Waals surface area (Å²) in [7, 11) is 3.07. The van der Waals surface area contributed by atoms with Crippen LogP contribution in [0.2, 0.25) is 10.0 Å². The standard InChI is InChI=1S/C29H30Cl2N2O5S/c1-36-21-12-18(13-22(15-21)37-2)29(35)32(16-20-4-3-10-38-20)17-27(34)33-9-7-26-24(8-11-39-26)28(33)23-6-5-19(30)14-25(23)31/h5-6,8,11-15,20,28H,3-4,7,9-10,16-17H2,1-2H3. The third-order valence-electron chi connectivity index (χ3n) is 7.20. The fraction of sp³-hybridized carbons (Fsp3) is 0.379. The van der Waals surface area contributed by atoms with Gasteiger partial charge < -0.3 is 24.0 Å². The Morgan fingerprint density at radius 2 is 1.85 bits per heavy atom. The van der Waals surface area contributed by atoms with E-state index >= 15 is 0 Å². The first-order valence-corrected chi connectivity index (χ1v) is 14.5. The highest BCUT2D eigenvalue weighted by Gasteiger charge is 2.36. The van der Waals surface area contributed by atoms with E-state index < -0.39 is 0 Å². The average molecular weight is 590 g/mol. The second kappa shape index (κ2) is 12.2. The van der Waals surface area contributed by atoms with Crippen molar-refractivity contribution in [1.82, 2.24) is 9.80 Å². The molecule has 0 saturated carbocycles. The van der Waals surface area contributed by atoms with Crippen LogP contribution in [0.25, 0.3) is 0 Å². The number of halogens is 2. The molecule has 1 fully saturated rings. The molecule has 2 aromatic carbocycles. The predicted octanol–water partition coefficient (Wildman–Crippen LogP) is 5.87. The molecule has 1 aromatic heterocycles. The topological polar surface area (TPSA) is 68.3 Å². The molecule has 39 heavy (non-hydrogen) atoms. The maximum Gasteiger partial charge on any atom is 0.254 e. The maximum absolute atomic E-state index is 14.0. The summed E-state index contributed by atoms with van der Waals surface area (Å²) in [5, 5.41) is 3.07. The molecular formula is C29H30Cl2N2O5S. The molecule has 10 heteroatoms. The Bertz CT molecular complexity index is 1330. The second-order valence-electron chi connectivity index (χ2n) is 9.63. The third-order valence-corrected chi connectivity index (χ3v) is 8.76. The van der Waals surface area contributed by atoms with Gasteiger partial charge in [-0.2, -0.15) is 0 Å². The molecular weight excluding hydrogens is 559 g/mol. The van der Waals surface area contributed by atoms with E-state index in [-0.39, 0.29) is 30.5 Å². The second-order valence-corrected chi connectivity index (χ2v) is 11.5. The summed E-state index contributed by atoms with van der Waals surface area (Å²) in [6.45, 7) is 1.39. The van der Waals surface area contributed by atoms with E-state index in [0.717, 1.165) is 30.4 Å². The van der Waals surface area contributed by atoms with E-state index in [2.05, 4.69) is 0 Å². The number of hydrogen-bond donors (Lipinski definition) is 0. The maximum atomic E-state index is 14.0. The van der Waals surface area contributed by atoms with Crippen LogP contribution in [0.15, 0.2) is 47.8 Å². The average Bonchev–Trinajstić information content (AvgIpc) is 3.64. The fourth-order valence-corrected chi connectivity index (χ4v) is 6.68. The molecule has 7 nitrogen and oxygen atoms in total. The van der Waals surface area contributed by atoms with Crippen LogP contribution in [0.4, 0.5) is 0 Å². The number of amides is 2. The first kappa shape index (κ1) is 27.8. The van der Waals surface area contributed by atoms with Crippen LogP contribution in [0.1, 0.15) is 45.2 Å². The number of hydrogen-bond acceptors (Lipinski definition) is 6.